The normalized spacial score (nSPS) is 18.6. The quantitative estimate of drug-likeness (QED) is 0.909. The Balaban J connectivity index is 1.57. The van der Waals surface area contributed by atoms with Crippen molar-refractivity contribution in [1.82, 2.24) is 9.80 Å². The average molecular weight is 352 g/mol. The van der Waals surface area contributed by atoms with Crippen LogP contribution in [0.3, 0.4) is 0 Å². The molecule has 2 aliphatic rings. The Morgan fingerprint density at radius 3 is 2.28 bits per heavy atom. The molecule has 0 bridgehead atoms. The number of phenols is 1. The standard InChI is InChI=1S/C18H22F2N2O3/c19-13-10-14(20)17(15(23)11-13)18(25)22-7-3-12(4-8-22)9-16(24)21-5-1-2-6-21/h10-12,23H,1-9H2. The number of halogens is 2. The van der Waals surface area contributed by atoms with Crippen LogP contribution in [-0.4, -0.2) is 52.9 Å². The molecule has 1 aromatic carbocycles. The summed E-state index contributed by atoms with van der Waals surface area (Å²) in [4.78, 5) is 28.0. The second-order valence-electron chi connectivity index (χ2n) is 6.81. The van der Waals surface area contributed by atoms with Crippen molar-refractivity contribution in [1.29, 1.82) is 0 Å². The van der Waals surface area contributed by atoms with Gasteiger partial charge in [-0.25, -0.2) is 8.78 Å². The maximum absolute atomic E-state index is 13.8. The Morgan fingerprint density at radius 1 is 1.04 bits per heavy atom. The summed E-state index contributed by atoms with van der Waals surface area (Å²) in [7, 11) is 0. The van der Waals surface area contributed by atoms with E-state index in [2.05, 4.69) is 0 Å². The number of hydrogen-bond donors (Lipinski definition) is 1. The van der Waals surface area contributed by atoms with E-state index in [4.69, 9.17) is 0 Å². The third-order valence-corrected chi connectivity index (χ3v) is 5.07. The van der Waals surface area contributed by atoms with Crippen LogP contribution in [0.5, 0.6) is 5.75 Å². The molecule has 1 N–H and O–H groups in total. The zero-order valence-electron chi connectivity index (χ0n) is 14.0. The van der Waals surface area contributed by atoms with Gasteiger partial charge in [-0.1, -0.05) is 0 Å². The van der Waals surface area contributed by atoms with Crippen LogP contribution >= 0.6 is 0 Å². The predicted octanol–water partition coefficient (Wildman–Crippen LogP) is 2.54. The molecule has 2 fully saturated rings. The van der Waals surface area contributed by atoms with Crippen molar-refractivity contribution in [3.8, 4) is 5.75 Å². The molecule has 0 aromatic heterocycles. The number of piperidine rings is 1. The van der Waals surface area contributed by atoms with E-state index in [9.17, 15) is 23.5 Å². The molecule has 0 atom stereocenters. The first-order valence-electron chi connectivity index (χ1n) is 8.70. The Hall–Kier alpha value is -2.18. The summed E-state index contributed by atoms with van der Waals surface area (Å²) in [6.07, 6.45) is 3.93. The van der Waals surface area contributed by atoms with Crippen LogP contribution in [-0.2, 0) is 4.79 Å². The number of aromatic hydroxyl groups is 1. The first-order valence-corrected chi connectivity index (χ1v) is 8.70. The summed E-state index contributed by atoms with van der Waals surface area (Å²) in [5.41, 5.74) is -0.493. The van der Waals surface area contributed by atoms with Gasteiger partial charge in [0.05, 0.1) is 0 Å². The fourth-order valence-corrected chi connectivity index (χ4v) is 3.61. The van der Waals surface area contributed by atoms with E-state index in [1.54, 1.807) is 0 Å². The maximum atomic E-state index is 13.8. The van der Waals surface area contributed by atoms with Gasteiger partial charge in [0.25, 0.3) is 5.91 Å². The van der Waals surface area contributed by atoms with Crippen molar-refractivity contribution in [3.05, 3.63) is 29.3 Å². The van der Waals surface area contributed by atoms with Crippen LogP contribution < -0.4 is 0 Å². The minimum Gasteiger partial charge on any atom is -0.507 e. The summed E-state index contributed by atoms with van der Waals surface area (Å²) in [5.74, 6) is -2.93. The van der Waals surface area contributed by atoms with E-state index < -0.39 is 28.9 Å². The lowest BCUT2D eigenvalue weighted by atomic mass is 9.92. The number of phenolic OH excluding ortho intramolecular Hbond substituents is 1. The van der Waals surface area contributed by atoms with Crippen LogP contribution in [0.2, 0.25) is 0 Å². The predicted molar refractivity (Wildman–Crippen MR) is 87.1 cm³/mol. The molecular weight excluding hydrogens is 330 g/mol. The third-order valence-electron chi connectivity index (χ3n) is 5.07. The van der Waals surface area contributed by atoms with E-state index in [0.29, 0.717) is 38.4 Å². The Morgan fingerprint density at radius 2 is 1.68 bits per heavy atom. The molecular formula is C18H22F2N2O3. The maximum Gasteiger partial charge on any atom is 0.260 e. The highest BCUT2D eigenvalue weighted by Crippen LogP contribution is 2.27. The van der Waals surface area contributed by atoms with Gasteiger partial charge in [-0.15, -0.1) is 0 Å². The Kier molecular flexibility index (Phi) is 5.20. The minimum absolute atomic E-state index is 0.171. The highest BCUT2D eigenvalue weighted by atomic mass is 19.1. The first-order chi connectivity index (χ1) is 12.0. The van der Waals surface area contributed by atoms with E-state index in [1.165, 1.54) is 4.90 Å². The average Bonchev–Trinajstić information content (AvgIpc) is 3.09. The van der Waals surface area contributed by atoms with Gasteiger partial charge in [-0.05, 0) is 31.6 Å². The largest absolute Gasteiger partial charge is 0.507 e. The number of amides is 2. The zero-order valence-corrected chi connectivity index (χ0v) is 14.0. The van der Waals surface area contributed by atoms with Gasteiger partial charge < -0.3 is 14.9 Å². The molecule has 0 aliphatic carbocycles. The monoisotopic (exact) mass is 352 g/mol. The number of likely N-dealkylation sites (tertiary alicyclic amines) is 2. The second kappa shape index (κ2) is 7.37. The molecule has 2 amide bonds. The molecule has 1 aromatic rings. The highest BCUT2D eigenvalue weighted by molar-refractivity contribution is 5.97. The van der Waals surface area contributed by atoms with Crippen LogP contribution in [0.15, 0.2) is 12.1 Å². The second-order valence-corrected chi connectivity index (χ2v) is 6.81. The van der Waals surface area contributed by atoms with Crippen molar-refractivity contribution < 1.29 is 23.5 Å². The number of carbonyl (C=O) groups excluding carboxylic acids is 2. The van der Waals surface area contributed by atoms with Gasteiger partial charge in [0, 0.05) is 44.7 Å². The van der Waals surface area contributed by atoms with Crippen molar-refractivity contribution in [3.63, 3.8) is 0 Å². The molecule has 7 heteroatoms. The lowest BCUT2D eigenvalue weighted by Gasteiger charge is -2.32. The van der Waals surface area contributed by atoms with Crippen LogP contribution in [0.4, 0.5) is 8.78 Å². The number of carbonyl (C=O) groups is 2. The molecule has 25 heavy (non-hydrogen) atoms. The van der Waals surface area contributed by atoms with E-state index in [0.717, 1.165) is 32.0 Å². The number of rotatable bonds is 3. The van der Waals surface area contributed by atoms with Gasteiger partial charge in [0.2, 0.25) is 5.91 Å². The third kappa shape index (κ3) is 3.91. The number of hydrogen-bond acceptors (Lipinski definition) is 3. The highest BCUT2D eigenvalue weighted by Gasteiger charge is 2.29. The van der Waals surface area contributed by atoms with Gasteiger partial charge in [-0.2, -0.15) is 0 Å². The molecule has 0 unspecified atom stereocenters. The summed E-state index contributed by atoms with van der Waals surface area (Å²) < 4.78 is 26.9. The number of nitrogens with zero attached hydrogens (tertiary/aromatic N) is 2. The molecule has 136 valence electrons. The molecule has 2 aliphatic heterocycles. The molecule has 0 radical (unpaired) electrons. The molecule has 2 heterocycles. The lowest BCUT2D eigenvalue weighted by Crippen LogP contribution is -2.40. The van der Waals surface area contributed by atoms with Crippen molar-refractivity contribution in [2.45, 2.75) is 32.1 Å². The summed E-state index contributed by atoms with van der Waals surface area (Å²) in [6, 6.07) is 1.33. The van der Waals surface area contributed by atoms with Crippen LogP contribution in [0.1, 0.15) is 42.5 Å². The summed E-state index contributed by atoms with van der Waals surface area (Å²) in [6.45, 7) is 2.46. The van der Waals surface area contributed by atoms with Gasteiger partial charge in [-0.3, -0.25) is 9.59 Å². The fraction of sp³-hybridized carbons (Fsp3) is 0.556. The fourth-order valence-electron chi connectivity index (χ4n) is 3.61. The van der Waals surface area contributed by atoms with Crippen LogP contribution in [0.25, 0.3) is 0 Å². The molecule has 0 saturated carbocycles. The smallest absolute Gasteiger partial charge is 0.260 e. The minimum atomic E-state index is -1.06. The van der Waals surface area contributed by atoms with Crippen molar-refractivity contribution in [2.75, 3.05) is 26.2 Å². The Bertz CT molecular complexity index is 643. The van der Waals surface area contributed by atoms with E-state index in [-0.39, 0.29) is 11.8 Å². The first kappa shape index (κ1) is 17.6. The molecule has 3 rings (SSSR count). The van der Waals surface area contributed by atoms with Gasteiger partial charge in [0.15, 0.2) is 0 Å². The van der Waals surface area contributed by atoms with E-state index in [1.807, 2.05) is 4.90 Å². The van der Waals surface area contributed by atoms with E-state index >= 15 is 0 Å². The van der Waals surface area contributed by atoms with Gasteiger partial charge >= 0.3 is 0 Å². The summed E-state index contributed by atoms with van der Waals surface area (Å²) >= 11 is 0. The topological polar surface area (TPSA) is 60.9 Å². The lowest BCUT2D eigenvalue weighted by molar-refractivity contribution is -0.131. The molecule has 5 nitrogen and oxygen atoms in total. The SMILES string of the molecule is O=C(CC1CCN(C(=O)c2c(O)cc(F)cc2F)CC1)N1CCCC1. The Labute approximate surface area is 145 Å². The van der Waals surface area contributed by atoms with Crippen molar-refractivity contribution in [2.24, 2.45) is 5.92 Å². The number of benzene rings is 1. The van der Waals surface area contributed by atoms with Crippen LogP contribution in [0, 0.1) is 17.6 Å². The zero-order chi connectivity index (χ0) is 18.0. The molecule has 2 saturated heterocycles. The summed E-state index contributed by atoms with van der Waals surface area (Å²) in [5, 5.41) is 9.69. The van der Waals surface area contributed by atoms with Crippen molar-refractivity contribution >= 4 is 11.8 Å². The van der Waals surface area contributed by atoms with Gasteiger partial charge in [0.1, 0.15) is 22.9 Å². The molecule has 0 spiro atoms.